The van der Waals surface area contributed by atoms with E-state index in [9.17, 15) is 9.59 Å². The second kappa shape index (κ2) is 8.17. The molecule has 3 aromatic rings. The lowest BCUT2D eigenvalue weighted by Gasteiger charge is -2.44. The molecule has 1 aromatic carbocycles. The average Bonchev–Trinajstić information content (AvgIpc) is 3.54. The first-order valence-electron chi connectivity index (χ1n) is 11.1. The highest BCUT2D eigenvalue weighted by Gasteiger charge is 2.48. The van der Waals surface area contributed by atoms with Crippen molar-refractivity contribution < 1.29 is 14.0 Å². The van der Waals surface area contributed by atoms with Gasteiger partial charge in [-0.1, -0.05) is 42.6 Å². The number of nitrogens with zero attached hydrogens (tertiary/aromatic N) is 2. The third kappa shape index (κ3) is 3.52. The van der Waals surface area contributed by atoms with Crippen LogP contribution in [0.5, 0.6) is 0 Å². The van der Waals surface area contributed by atoms with E-state index >= 15 is 0 Å². The molecule has 1 aliphatic heterocycles. The van der Waals surface area contributed by atoms with Gasteiger partial charge in [0.05, 0.1) is 18.5 Å². The minimum absolute atomic E-state index is 0.130. The van der Waals surface area contributed by atoms with Crippen molar-refractivity contribution in [1.82, 2.24) is 14.8 Å². The molecule has 0 spiro atoms. The number of furan rings is 1. The zero-order valence-corrected chi connectivity index (χ0v) is 18.8. The SMILES string of the molecule is CC1(C(=O)NC2CCCC2)Cn2c(ccc2-c2ccco2)C(=O)N1Cc1ccccc1Cl. The summed E-state index contributed by atoms with van der Waals surface area (Å²) in [7, 11) is 0. The van der Waals surface area contributed by atoms with Gasteiger partial charge >= 0.3 is 0 Å². The van der Waals surface area contributed by atoms with Crippen LogP contribution in [-0.2, 0) is 17.9 Å². The number of fused-ring (bicyclic) bond motifs is 1. The predicted molar refractivity (Wildman–Crippen MR) is 122 cm³/mol. The molecule has 1 unspecified atom stereocenters. The molecular weight excluding hydrogens is 426 g/mol. The Morgan fingerprint density at radius 1 is 1.12 bits per heavy atom. The Kier molecular flexibility index (Phi) is 5.33. The Bertz CT molecular complexity index is 1150. The zero-order chi connectivity index (χ0) is 22.3. The van der Waals surface area contributed by atoms with Crippen molar-refractivity contribution in [3.8, 4) is 11.5 Å². The van der Waals surface area contributed by atoms with Gasteiger partial charge in [-0.2, -0.15) is 0 Å². The molecule has 32 heavy (non-hydrogen) atoms. The minimum atomic E-state index is -1.08. The maximum Gasteiger partial charge on any atom is 0.271 e. The van der Waals surface area contributed by atoms with Crippen molar-refractivity contribution in [2.45, 2.75) is 57.3 Å². The Balaban J connectivity index is 1.56. The van der Waals surface area contributed by atoms with Gasteiger partial charge in [0.2, 0.25) is 5.91 Å². The largest absolute Gasteiger partial charge is 0.463 e. The van der Waals surface area contributed by atoms with Crippen LogP contribution in [0.2, 0.25) is 5.02 Å². The molecule has 1 saturated carbocycles. The van der Waals surface area contributed by atoms with E-state index in [4.69, 9.17) is 16.0 Å². The number of hydrogen-bond donors (Lipinski definition) is 1. The van der Waals surface area contributed by atoms with Gasteiger partial charge in [-0.25, -0.2) is 0 Å². The van der Waals surface area contributed by atoms with Crippen LogP contribution < -0.4 is 5.32 Å². The third-order valence-electron chi connectivity index (χ3n) is 6.75. The van der Waals surface area contributed by atoms with Gasteiger partial charge in [0, 0.05) is 17.6 Å². The fraction of sp³-hybridized carbons (Fsp3) is 0.360. The molecule has 3 heterocycles. The Labute approximate surface area is 192 Å². The minimum Gasteiger partial charge on any atom is -0.463 e. The smallest absolute Gasteiger partial charge is 0.271 e. The summed E-state index contributed by atoms with van der Waals surface area (Å²) in [6.45, 7) is 2.44. The lowest BCUT2D eigenvalue weighted by molar-refractivity contribution is -0.133. The van der Waals surface area contributed by atoms with Crippen LogP contribution >= 0.6 is 11.6 Å². The van der Waals surface area contributed by atoms with Gasteiger partial charge in [-0.3, -0.25) is 9.59 Å². The maximum atomic E-state index is 13.7. The highest BCUT2D eigenvalue weighted by molar-refractivity contribution is 6.31. The van der Waals surface area contributed by atoms with E-state index < -0.39 is 5.54 Å². The zero-order valence-electron chi connectivity index (χ0n) is 18.0. The highest BCUT2D eigenvalue weighted by Crippen LogP contribution is 2.35. The number of hydrogen-bond acceptors (Lipinski definition) is 3. The number of carbonyl (C=O) groups is 2. The normalized spacial score (nSPS) is 21.1. The van der Waals surface area contributed by atoms with Gasteiger partial charge in [0.1, 0.15) is 17.0 Å². The molecule has 0 saturated heterocycles. The van der Waals surface area contributed by atoms with E-state index in [1.165, 1.54) is 0 Å². The van der Waals surface area contributed by atoms with Crippen molar-refractivity contribution in [3.05, 3.63) is 71.1 Å². The summed E-state index contributed by atoms with van der Waals surface area (Å²) in [4.78, 5) is 29.1. The molecule has 166 valence electrons. The van der Waals surface area contributed by atoms with Crippen LogP contribution in [0.3, 0.4) is 0 Å². The molecule has 1 aliphatic carbocycles. The van der Waals surface area contributed by atoms with Gasteiger partial charge in [-0.15, -0.1) is 0 Å². The molecule has 5 rings (SSSR count). The van der Waals surface area contributed by atoms with Gasteiger partial charge in [-0.05, 0) is 55.7 Å². The van der Waals surface area contributed by atoms with E-state index in [-0.39, 0.29) is 24.4 Å². The number of benzene rings is 1. The average molecular weight is 452 g/mol. The first-order valence-corrected chi connectivity index (χ1v) is 11.4. The predicted octanol–water partition coefficient (Wildman–Crippen LogP) is 4.88. The second-order valence-corrected chi connectivity index (χ2v) is 9.29. The summed E-state index contributed by atoms with van der Waals surface area (Å²) in [5, 5.41) is 3.79. The third-order valence-corrected chi connectivity index (χ3v) is 7.11. The van der Waals surface area contributed by atoms with Crippen LogP contribution in [0.4, 0.5) is 0 Å². The molecule has 1 atom stereocenters. The fourth-order valence-electron chi connectivity index (χ4n) is 4.87. The number of amides is 2. The summed E-state index contributed by atoms with van der Waals surface area (Å²) in [6.07, 6.45) is 5.80. The van der Waals surface area contributed by atoms with E-state index in [1.54, 1.807) is 23.3 Å². The Morgan fingerprint density at radius 3 is 2.59 bits per heavy atom. The number of carbonyl (C=O) groups excluding carboxylic acids is 2. The summed E-state index contributed by atoms with van der Waals surface area (Å²) in [5.74, 6) is 0.342. The quantitative estimate of drug-likeness (QED) is 0.601. The van der Waals surface area contributed by atoms with E-state index in [0.29, 0.717) is 23.0 Å². The van der Waals surface area contributed by atoms with Crippen molar-refractivity contribution in [2.75, 3.05) is 0 Å². The first kappa shape index (κ1) is 20.9. The summed E-state index contributed by atoms with van der Waals surface area (Å²) >= 11 is 6.42. The second-order valence-electron chi connectivity index (χ2n) is 8.88. The van der Waals surface area contributed by atoms with Crippen molar-refractivity contribution >= 4 is 23.4 Å². The molecule has 2 amide bonds. The van der Waals surface area contributed by atoms with Crippen molar-refractivity contribution in [3.63, 3.8) is 0 Å². The topological polar surface area (TPSA) is 67.5 Å². The van der Waals surface area contributed by atoms with E-state index in [1.807, 2.05) is 47.9 Å². The molecule has 0 radical (unpaired) electrons. The Morgan fingerprint density at radius 2 is 1.88 bits per heavy atom. The van der Waals surface area contributed by atoms with E-state index in [2.05, 4.69) is 5.32 Å². The van der Waals surface area contributed by atoms with Gasteiger partial charge < -0.3 is 19.2 Å². The number of rotatable bonds is 5. The molecule has 0 bridgehead atoms. The summed E-state index contributed by atoms with van der Waals surface area (Å²) < 4.78 is 7.49. The first-order chi connectivity index (χ1) is 15.5. The highest BCUT2D eigenvalue weighted by atomic mass is 35.5. The molecule has 2 aliphatic rings. The molecule has 2 aromatic heterocycles. The lowest BCUT2D eigenvalue weighted by atomic mass is 9.93. The monoisotopic (exact) mass is 451 g/mol. The molecule has 1 N–H and O–H groups in total. The van der Waals surface area contributed by atoms with Crippen LogP contribution in [0.15, 0.2) is 59.2 Å². The maximum absolute atomic E-state index is 13.7. The van der Waals surface area contributed by atoms with Crippen molar-refractivity contribution in [1.29, 1.82) is 0 Å². The lowest BCUT2D eigenvalue weighted by Crippen LogP contribution is -2.64. The summed E-state index contributed by atoms with van der Waals surface area (Å²) in [6, 6.07) is 15.0. The van der Waals surface area contributed by atoms with E-state index in [0.717, 1.165) is 36.9 Å². The standard InChI is InChI=1S/C25H26ClN3O3/c1-25(24(31)27-18-8-3-4-9-18)16-28-20(22-11-6-14-32-22)12-13-21(28)23(30)29(25)15-17-7-2-5-10-19(17)26/h2,5-7,10-14,18H,3-4,8-9,15-16H2,1H3,(H,27,31). The fourth-order valence-corrected chi connectivity index (χ4v) is 5.06. The number of nitrogens with one attached hydrogen (secondary N) is 1. The van der Waals surface area contributed by atoms with Crippen LogP contribution in [-0.4, -0.2) is 32.9 Å². The Hall–Kier alpha value is -2.99. The van der Waals surface area contributed by atoms with Crippen LogP contribution in [0.25, 0.3) is 11.5 Å². The summed E-state index contributed by atoms with van der Waals surface area (Å²) in [5.41, 5.74) is 1.06. The van der Waals surface area contributed by atoms with Crippen LogP contribution in [0.1, 0.15) is 48.7 Å². The number of halogens is 1. The van der Waals surface area contributed by atoms with Crippen LogP contribution in [0, 0.1) is 0 Å². The van der Waals surface area contributed by atoms with Gasteiger partial charge in [0.25, 0.3) is 5.91 Å². The molecule has 1 fully saturated rings. The number of aromatic nitrogens is 1. The molecular formula is C25H26ClN3O3. The van der Waals surface area contributed by atoms with Gasteiger partial charge in [0.15, 0.2) is 0 Å². The molecule has 7 heteroatoms. The molecule has 6 nitrogen and oxygen atoms in total. The van der Waals surface area contributed by atoms with Crippen molar-refractivity contribution in [2.24, 2.45) is 0 Å².